The standard InChI is InChI=1S/C24H29N5O/c1-16-11-17(2)29-23(25-16)14-22(26-29)24(30)27(3)20-9-6-10-28(15-20)21-12-18-7-4-5-8-19(18)13-21/h4-5,7-8,11,14,20-21H,6,9-10,12-13,15H2,1-3H3. The molecule has 0 spiro atoms. The van der Waals surface area contributed by atoms with Crippen LogP contribution in [-0.4, -0.2) is 62.5 Å². The zero-order chi connectivity index (χ0) is 20.8. The third-order valence-corrected chi connectivity index (χ3v) is 6.79. The van der Waals surface area contributed by atoms with Crippen molar-refractivity contribution < 1.29 is 4.79 Å². The molecular formula is C24H29N5O. The zero-order valence-electron chi connectivity index (χ0n) is 18.0. The molecule has 2 aromatic heterocycles. The van der Waals surface area contributed by atoms with Gasteiger partial charge in [0.2, 0.25) is 0 Å². The second-order valence-electron chi connectivity index (χ2n) is 8.88. The van der Waals surface area contributed by atoms with Gasteiger partial charge in [0.25, 0.3) is 5.91 Å². The number of rotatable bonds is 3. The monoisotopic (exact) mass is 403 g/mol. The van der Waals surface area contributed by atoms with Gasteiger partial charge >= 0.3 is 0 Å². The van der Waals surface area contributed by atoms with E-state index in [0.717, 1.165) is 55.8 Å². The van der Waals surface area contributed by atoms with Crippen LogP contribution in [0.3, 0.4) is 0 Å². The van der Waals surface area contributed by atoms with Gasteiger partial charge in [-0.15, -0.1) is 0 Å². The van der Waals surface area contributed by atoms with E-state index in [1.54, 1.807) is 4.52 Å². The topological polar surface area (TPSA) is 53.7 Å². The average molecular weight is 404 g/mol. The Hall–Kier alpha value is -2.73. The number of nitrogens with zero attached hydrogens (tertiary/aromatic N) is 5. The van der Waals surface area contributed by atoms with Gasteiger partial charge < -0.3 is 4.90 Å². The van der Waals surface area contributed by atoms with Crippen molar-refractivity contribution >= 4 is 11.6 Å². The number of carbonyl (C=O) groups is 1. The van der Waals surface area contributed by atoms with Crippen LogP contribution in [0.4, 0.5) is 0 Å². The predicted octanol–water partition coefficient (Wildman–Crippen LogP) is 3.05. The molecule has 3 heterocycles. The van der Waals surface area contributed by atoms with Crippen LogP contribution in [0, 0.1) is 13.8 Å². The van der Waals surface area contributed by atoms with Crippen molar-refractivity contribution in [1.29, 1.82) is 0 Å². The number of amides is 1. The van der Waals surface area contributed by atoms with Gasteiger partial charge in [0, 0.05) is 43.1 Å². The lowest BCUT2D eigenvalue weighted by Gasteiger charge is -2.40. The smallest absolute Gasteiger partial charge is 0.274 e. The number of hydrogen-bond donors (Lipinski definition) is 0. The number of hydrogen-bond acceptors (Lipinski definition) is 4. The summed E-state index contributed by atoms with van der Waals surface area (Å²) >= 11 is 0. The Morgan fingerprint density at radius 3 is 2.60 bits per heavy atom. The van der Waals surface area contributed by atoms with Gasteiger partial charge in [0.15, 0.2) is 11.3 Å². The van der Waals surface area contributed by atoms with Crippen molar-refractivity contribution in [2.24, 2.45) is 0 Å². The van der Waals surface area contributed by atoms with Crippen molar-refractivity contribution in [1.82, 2.24) is 24.4 Å². The Bertz CT molecular complexity index is 1080. The van der Waals surface area contributed by atoms with E-state index in [1.807, 2.05) is 37.9 Å². The van der Waals surface area contributed by atoms with Gasteiger partial charge in [-0.1, -0.05) is 24.3 Å². The Morgan fingerprint density at radius 2 is 1.87 bits per heavy atom. The summed E-state index contributed by atoms with van der Waals surface area (Å²) in [4.78, 5) is 22.2. The first-order valence-corrected chi connectivity index (χ1v) is 10.9. The van der Waals surface area contributed by atoms with Gasteiger partial charge in [-0.25, -0.2) is 9.50 Å². The summed E-state index contributed by atoms with van der Waals surface area (Å²) in [5.74, 6) is -0.0147. The number of likely N-dealkylation sites (N-methyl/N-ethyl adjacent to an activating group) is 1. The average Bonchev–Trinajstić information content (AvgIpc) is 3.37. The second-order valence-corrected chi connectivity index (χ2v) is 8.88. The van der Waals surface area contributed by atoms with Crippen LogP contribution in [0.2, 0.25) is 0 Å². The highest BCUT2D eigenvalue weighted by molar-refractivity contribution is 5.93. The van der Waals surface area contributed by atoms with Crippen LogP contribution in [0.25, 0.3) is 5.65 Å². The number of aromatic nitrogens is 3. The highest BCUT2D eigenvalue weighted by Gasteiger charge is 2.33. The summed E-state index contributed by atoms with van der Waals surface area (Å²) in [5.41, 5.74) is 6.10. The SMILES string of the molecule is Cc1cc(C)n2nc(C(=O)N(C)C3CCCN(C4Cc5ccccc5C4)C3)cc2n1. The molecule has 6 nitrogen and oxygen atoms in total. The molecule has 2 aliphatic rings. The van der Waals surface area contributed by atoms with Crippen molar-refractivity contribution in [3.63, 3.8) is 0 Å². The lowest BCUT2D eigenvalue weighted by Crippen LogP contribution is -2.51. The molecule has 6 heteroatoms. The summed E-state index contributed by atoms with van der Waals surface area (Å²) < 4.78 is 1.76. The molecule has 1 aliphatic carbocycles. The Labute approximate surface area is 177 Å². The maximum absolute atomic E-state index is 13.2. The van der Waals surface area contributed by atoms with E-state index in [4.69, 9.17) is 0 Å². The van der Waals surface area contributed by atoms with Gasteiger partial charge in [-0.2, -0.15) is 5.10 Å². The normalized spacial score (nSPS) is 19.9. The molecule has 1 amide bonds. The molecule has 0 saturated carbocycles. The first-order chi connectivity index (χ1) is 14.5. The second kappa shape index (κ2) is 7.51. The molecule has 1 saturated heterocycles. The lowest BCUT2D eigenvalue weighted by atomic mass is 10.0. The van der Waals surface area contributed by atoms with E-state index in [2.05, 4.69) is 39.2 Å². The first-order valence-electron chi connectivity index (χ1n) is 10.9. The maximum Gasteiger partial charge on any atom is 0.274 e. The van der Waals surface area contributed by atoms with E-state index in [9.17, 15) is 4.79 Å². The van der Waals surface area contributed by atoms with E-state index in [0.29, 0.717) is 11.7 Å². The van der Waals surface area contributed by atoms with Crippen molar-refractivity contribution in [3.8, 4) is 0 Å². The van der Waals surface area contributed by atoms with Crippen LogP contribution in [0.5, 0.6) is 0 Å². The molecule has 156 valence electrons. The summed E-state index contributed by atoms with van der Waals surface area (Å²) in [6.07, 6.45) is 4.41. The van der Waals surface area contributed by atoms with Gasteiger partial charge in [-0.3, -0.25) is 9.69 Å². The van der Waals surface area contributed by atoms with Crippen molar-refractivity contribution in [3.05, 3.63) is 64.6 Å². The van der Waals surface area contributed by atoms with Crippen molar-refractivity contribution in [2.45, 2.75) is 51.6 Å². The molecule has 1 aliphatic heterocycles. The summed E-state index contributed by atoms with van der Waals surface area (Å²) in [6.45, 7) is 6.01. The van der Waals surface area contributed by atoms with Gasteiger partial charge in [-0.05, 0) is 63.3 Å². The third-order valence-electron chi connectivity index (χ3n) is 6.79. The number of aryl methyl sites for hydroxylation is 2. The number of fused-ring (bicyclic) bond motifs is 2. The number of likely N-dealkylation sites (tertiary alicyclic amines) is 1. The quantitative estimate of drug-likeness (QED) is 0.675. The number of benzene rings is 1. The molecule has 1 unspecified atom stereocenters. The summed E-state index contributed by atoms with van der Waals surface area (Å²) in [6, 6.07) is 13.4. The fraction of sp³-hybridized carbons (Fsp3) is 0.458. The van der Waals surface area contributed by atoms with Crippen LogP contribution in [0.1, 0.15) is 45.8 Å². The minimum Gasteiger partial charge on any atom is -0.336 e. The molecule has 1 fully saturated rings. The molecule has 1 atom stereocenters. The van der Waals surface area contributed by atoms with E-state index >= 15 is 0 Å². The van der Waals surface area contributed by atoms with Gasteiger partial charge in [0.1, 0.15) is 0 Å². The predicted molar refractivity (Wildman–Crippen MR) is 117 cm³/mol. The van der Waals surface area contributed by atoms with E-state index in [-0.39, 0.29) is 11.9 Å². The van der Waals surface area contributed by atoms with Crippen LogP contribution in [0.15, 0.2) is 36.4 Å². The molecular weight excluding hydrogens is 374 g/mol. The molecule has 0 N–H and O–H groups in total. The molecule has 30 heavy (non-hydrogen) atoms. The Balaban J connectivity index is 1.30. The maximum atomic E-state index is 13.2. The Morgan fingerprint density at radius 1 is 1.13 bits per heavy atom. The number of piperidine rings is 1. The highest BCUT2D eigenvalue weighted by atomic mass is 16.2. The molecule has 0 radical (unpaired) electrons. The minimum absolute atomic E-state index is 0.0147. The highest BCUT2D eigenvalue weighted by Crippen LogP contribution is 2.28. The zero-order valence-corrected chi connectivity index (χ0v) is 18.0. The minimum atomic E-state index is -0.0147. The Kier molecular flexibility index (Phi) is 4.82. The van der Waals surface area contributed by atoms with Crippen LogP contribution >= 0.6 is 0 Å². The van der Waals surface area contributed by atoms with E-state index < -0.39 is 0 Å². The number of carbonyl (C=O) groups excluding carboxylic acids is 1. The summed E-state index contributed by atoms with van der Waals surface area (Å²) in [7, 11) is 1.93. The fourth-order valence-electron chi connectivity index (χ4n) is 5.16. The lowest BCUT2D eigenvalue weighted by molar-refractivity contribution is 0.0550. The van der Waals surface area contributed by atoms with Gasteiger partial charge in [0.05, 0.1) is 0 Å². The first kappa shape index (κ1) is 19.2. The molecule has 5 rings (SSSR count). The van der Waals surface area contributed by atoms with Crippen LogP contribution < -0.4 is 0 Å². The van der Waals surface area contributed by atoms with Crippen molar-refractivity contribution in [2.75, 3.05) is 20.1 Å². The van der Waals surface area contributed by atoms with E-state index in [1.165, 1.54) is 11.1 Å². The molecule has 0 bridgehead atoms. The summed E-state index contributed by atoms with van der Waals surface area (Å²) in [5, 5.41) is 4.54. The van der Waals surface area contributed by atoms with Crippen LogP contribution in [-0.2, 0) is 12.8 Å². The fourth-order valence-corrected chi connectivity index (χ4v) is 5.16. The molecule has 3 aromatic rings. The molecule has 1 aromatic carbocycles. The largest absolute Gasteiger partial charge is 0.336 e. The third kappa shape index (κ3) is 3.39.